The van der Waals surface area contributed by atoms with E-state index in [9.17, 15) is 9.59 Å². The Morgan fingerprint density at radius 3 is 2.17 bits per heavy atom. The van der Waals surface area contributed by atoms with Crippen molar-refractivity contribution in [3.63, 3.8) is 0 Å². The standard InChI is InChI=1S/C13H22N2O3/c1-7-8-14-10(16)13(5,6)9-15-11(17)18-12(2,3)4/h1H,8-9H2,2-6H3,(H,14,16)(H,15,17). The average Bonchev–Trinajstić information content (AvgIpc) is 2.20. The van der Waals surface area contributed by atoms with Gasteiger partial charge in [0.25, 0.3) is 0 Å². The zero-order valence-corrected chi connectivity index (χ0v) is 11.7. The SMILES string of the molecule is C#CCNC(=O)C(C)(C)CNC(=O)OC(C)(C)C. The fourth-order valence-electron chi connectivity index (χ4n) is 1.06. The number of ether oxygens (including phenoxy) is 1. The van der Waals surface area contributed by atoms with Gasteiger partial charge in [-0.2, -0.15) is 0 Å². The maximum atomic E-state index is 11.7. The van der Waals surface area contributed by atoms with E-state index in [1.54, 1.807) is 34.6 Å². The third kappa shape index (κ3) is 6.79. The molecule has 0 saturated carbocycles. The van der Waals surface area contributed by atoms with E-state index in [2.05, 4.69) is 16.6 Å². The highest BCUT2D eigenvalue weighted by molar-refractivity contribution is 5.83. The maximum absolute atomic E-state index is 11.7. The van der Waals surface area contributed by atoms with Gasteiger partial charge in [0, 0.05) is 6.54 Å². The van der Waals surface area contributed by atoms with Gasteiger partial charge in [0.15, 0.2) is 0 Å². The fourth-order valence-corrected chi connectivity index (χ4v) is 1.06. The van der Waals surface area contributed by atoms with E-state index in [4.69, 9.17) is 11.2 Å². The minimum Gasteiger partial charge on any atom is -0.444 e. The lowest BCUT2D eigenvalue weighted by atomic mass is 9.92. The van der Waals surface area contributed by atoms with E-state index in [0.29, 0.717) is 0 Å². The summed E-state index contributed by atoms with van der Waals surface area (Å²) in [5, 5.41) is 5.14. The van der Waals surface area contributed by atoms with Gasteiger partial charge in [0.2, 0.25) is 5.91 Å². The molecule has 0 aromatic heterocycles. The molecule has 0 bridgehead atoms. The molecule has 102 valence electrons. The van der Waals surface area contributed by atoms with Gasteiger partial charge in [-0.15, -0.1) is 6.42 Å². The second-order valence-corrected chi connectivity index (χ2v) is 5.63. The highest BCUT2D eigenvalue weighted by Gasteiger charge is 2.28. The topological polar surface area (TPSA) is 67.4 Å². The zero-order valence-electron chi connectivity index (χ0n) is 11.7. The van der Waals surface area contributed by atoms with Gasteiger partial charge in [-0.3, -0.25) is 4.79 Å². The van der Waals surface area contributed by atoms with Gasteiger partial charge in [0.05, 0.1) is 12.0 Å². The van der Waals surface area contributed by atoms with Gasteiger partial charge < -0.3 is 15.4 Å². The molecule has 18 heavy (non-hydrogen) atoms. The largest absolute Gasteiger partial charge is 0.444 e. The summed E-state index contributed by atoms with van der Waals surface area (Å²) in [6.07, 6.45) is 4.52. The van der Waals surface area contributed by atoms with Crippen molar-refractivity contribution < 1.29 is 14.3 Å². The molecule has 0 aliphatic carbocycles. The van der Waals surface area contributed by atoms with E-state index in [1.807, 2.05) is 0 Å². The first kappa shape index (κ1) is 16.3. The van der Waals surface area contributed by atoms with Gasteiger partial charge in [-0.1, -0.05) is 5.92 Å². The number of nitrogens with one attached hydrogen (secondary N) is 2. The maximum Gasteiger partial charge on any atom is 0.407 e. The van der Waals surface area contributed by atoms with Crippen LogP contribution in [0, 0.1) is 17.8 Å². The van der Waals surface area contributed by atoms with E-state index in [-0.39, 0.29) is 19.0 Å². The summed E-state index contributed by atoms with van der Waals surface area (Å²) in [5.41, 5.74) is -1.30. The molecule has 0 unspecified atom stereocenters. The molecular weight excluding hydrogens is 232 g/mol. The third-order valence-electron chi connectivity index (χ3n) is 2.04. The van der Waals surface area contributed by atoms with Crippen LogP contribution in [0.25, 0.3) is 0 Å². The van der Waals surface area contributed by atoms with Crippen LogP contribution in [0.15, 0.2) is 0 Å². The summed E-state index contributed by atoms with van der Waals surface area (Å²) in [4.78, 5) is 23.2. The highest BCUT2D eigenvalue weighted by atomic mass is 16.6. The number of amides is 2. The Morgan fingerprint density at radius 2 is 1.72 bits per heavy atom. The lowest BCUT2D eigenvalue weighted by Gasteiger charge is -2.25. The smallest absolute Gasteiger partial charge is 0.407 e. The molecule has 0 aromatic carbocycles. The van der Waals surface area contributed by atoms with Crippen LogP contribution >= 0.6 is 0 Å². The minimum absolute atomic E-state index is 0.175. The Kier molecular flexibility index (Phi) is 5.70. The van der Waals surface area contributed by atoms with Crippen molar-refractivity contribution in [3.05, 3.63) is 0 Å². The first-order chi connectivity index (χ1) is 8.08. The molecular formula is C13H22N2O3. The Bertz CT molecular complexity index is 348. The summed E-state index contributed by atoms with van der Waals surface area (Å²) in [7, 11) is 0. The Balaban J connectivity index is 4.23. The summed E-state index contributed by atoms with van der Waals surface area (Å²) in [5.74, 6) is 2.11. The lowest BCUT2D eigenvalue weighted by molar-refractivity contribution is -0.128. The molecule has 2 N–H and O–H groups in total. The predicted molar refractivity (Wildman–Crippen MR) is 69.9 cm³/mol. The van der Waals surface area contributed by atoms with Crippen molar-refractivity contribution in [2.45, 2.75) is 40.2 Å². The summed E-state index contributed by atoms with van der Waals surface area (Å²) < 4.78 is 5.08. The van der Waals surface area contributed by atoms with Crippen LogP contribution in [-0.4, -0.2) is 30.7 Å². The number of hydrogen-bond acceptors (Lipinski definition) is 3. The fraction of sp³-hybridized carbons (Fsp3) is 0.692. The number of carbonyl (C=O) groups is 2. The zero-order chi connectivity index (χ0) is 14.4. The average molecular weight is 254 g/mol. The van der Waals surface area contributed by atoms with Crippen molar-refractivity contribution in [3.8, 4) is 12.3 Å². The van der Waals surface area contributed by atoms with Crippen LogP contribution < -0.4 is 10.6 Å². The van der Waals surface area contributed by atoms with Crippen LogP contribution in [0.2, 0.25) is 0 Å². The Labute approximate surface area is 109 Å². The molecule has 0 aliphatic rings. The van der Waals surface area contributed by atoms with Gasteiger partial charge in [-0.25, -0.2) is 4.79 Å². The van der Waals surface area contributed by atoms with Crippen LogP contribution in [0.3, 0.4) is 0 Å². The van der Waals surface area contributed by atoms with E-state index in [1.165, 1.54) is 0 Å². The van der Waals surface area contributed by atoms with E-state index >= 15 is 0 Å². The molecule has 5 nitrogen and oxygen atoms in total. The Morgan fingerprint density at radius 1 is 1.17 bits per heavy atom. The first-order valence-electron chi connectivity index (χ1n) is 5.77. The molecule has 0 heterocycles. The van der Waals surface area contributed by atoms with E-state index < -0.39 is 17.1 Å². The van der Waals surface area contributed by atoms with Crippen LogP contribution in [-0.2, 0) is 9.53 Å². The third-order valence-corrected chi connectivity index (χ3v) is 2.04. The summed E-state index contributed by atoms with van der Waals surface area (Å²) in [6.45, 7) is 9.12. The van der Waals surface area contributed by atoms with Crippen molar-refractivity contribution in [1.82, 2.24) is 10.6 Å². The van der Waals surface area contributed by atoms with Gasteiger partial charge in [-0.05, 0) is 34.6 Å². The Hall–Kier alpha value is -1.70. The van der Waals surface area contributed by atoms with Crippen molar-refractivity contribution in [1.29, 1.82) is 0 Å². The number of hydrogen-bond donors (Lipinski definition) is 2. The first-order valence-corrected chi connectivity index (χ1v) is 5.77. The molecule has 5 heteroatoms. The lowest BCUT2D eigenvalue weighted by Crippen LogP contribution is -2.46. The second kappa shape index (κ2) is 6.29. The molecule has 0 fully saturated rings. The van der Waals surface area contributed by atoms with Gasteiger partial charge in [0.1, 0.15) is 5.60 Å². The number of carbonyl (C=O) groups excluding carboxylic acids is 2. The van der Waals surface area contributed by atoms with Crippen molar-refractivity contribution >= 4 is 12.0 Å². The van der Waals surface area contributed by atoms with Crippen molar-refractivity contribution in [2.24, 2.45) is 5.41 Å². The van der Waals surface area contributed by atoms with Crippen LogP contribution in [0.4, 0.5) is 4.79 Å². The monoisotopic (exact) mass is 254 g/mol. The second-order valence-electron chi connectivity index (χ2n) is 5.63. The predicted octanol–water partition coefficient (Wildman–Crippen LogP) is 1.29. The highest BCUT2D eigenvalue weighted by Crippen LogP contribution is 2.14. The summed E-state index contributed by atoms with van der Waals surface area (Å²) in [6, 6.07) is 0. The normalized spacial score (nSPS) is 11.3. The minimum atomic E-state index is -0.742. The van der Waals surface area contributed by atoms with Crippen LogP contribution in [0.1, 0.15) is 34.6 Å². The number of terminal acetylenes is 1. The molecule has 0 aromatic rings. The van der Waals surface area contributed by atoms with Crippen LogP contribution in [0.5, 0.6) is 0 Å². The molecule has 0 spiro atoms. The number of rotatable bonds is 4. The number of alkyl carbamates (subject to hydrolysis) is 1. The molecule has 0 saturated heterocycles. The molecule has 2 amide bonds. The molecule has 0 rings (SSSR count). The van der Waals surface area contributed by atoms with E-state index in [0.717, 1.165) is 0 Å². The molecule has 0 atom stereocenters. The van der Waals surface area contributed by atoms with Gasteiger partial charge >= 0.3 is 6.09 Å². The summed E-state index contributed by atoms with van der Waals surface area (Å²) >= 11 is 0. The van der Waals surface area contributed by atoms with Crippen molar-refractivity contribution in [2.75, 3.05) is 13.1 Å². The quantitative estimate of drug-likeness (QED) is 0.743. The molecule has 0 radical (unpaired) electrons. The molecule has 0 aliphatic heterocycles.